The SMILES string of the molecule is C=C(F)C(=O)Nc1cc2c(Nc3ccc(F)c(Cl)c3)ncnc2cc1OCCN1CCN(C)CC1. The number of anilines is 3. The van der Waals surface area contributed by atoms with Gasteiger partial charge in [-0.15, -0.1) is 0 Å². The van der Waals surface area contributed by atoms with Gasteiger partial charge in [-0.3, -0.25) is 9.69 Å². The zero-order valence-corrected chi connectivity index (χ0v) is 19.9. The number of hydrogen-bond donors (Lipinski definition) is 2. The van der Waals surface area contributed by atoms with E-state index in [4.69, 9.17) is 16.3 Å². The third-order valence-electron chi connectivity index (χ3n) is 5.67. The van der Waals surface area contributed by atoms with Crippen molar-refractivity contribution in [1.82, 2.24) is 19.8 Å². The van der Waals surface area contributed by atoms with Gasteiger partial charge in [0.25, 0.3) is 5.91 Å². The molecule has 2 aromatic carbocycles. The smallest absolute Gasteiger partial charge is 0.283 e. The molecule has 0 atom stereocenters. The molecule has 1 saturated heterocycles. The Kier molecular flexibility index (Phi) is 7.74. The van der Waals surface area contributed by atoms with Crippen molar-refractivity contribution in [1.29, 1.82) is 0 Å². The van der Waals surface area contributed by atoms with E-state index in [9.17, 15) is 13.6 Å². The lowest BCUT2D eigenvalue weighted by Crippen LogP contribution is -2.45. The number of nitrogens with zero attached hydrogens (tertiary/aromatic N) is 4. The summed E-state index contributed by atoms with van der Waals surface area (Å²) in [4.78, 5) is 25.2. The number of benzene rings is 2. The Balaban J connectivity index is 1.60. The number of ether oxygens (including phenoxy) is 1. The highest BCUT2D eigenvalue weighted by molar-refractivity contribution is 6.31. The fourth-order valence-corrected chi connectivity index (χ4v) is 3.84. The maximum Gasteiger partial charge on any atom is 0.283 e. The predicted octanol–water partition coefficient (Wildman–Crippen LogP) is 4.21. The van der Waals surface area contributed by atoms with E-state index >= 15 is 0 Å². The summed E-state index contributed by atoms with van der Waals surface area (Å²) >= 11 is 5.88. The third-order valence-corrected chi connectivity index (χ3v) is 5.96. The van der Waals surface area contributed by atoms with Gasteiger partial charge in [0.1, 0.15) is 30.3 Å². The van der Waals surface area contributed by atoms with Crippen LogP contribution in [0.25, 0.3) is 10.9 Å². The Labute approximate surface area is 206 Å². The molecule has 8 nitrogen and oxygen atoms in total. The van der Waals surface area contributed by atoms with Crippen LogP contribution in [0.4, 0.5) is 26.0 Å². The second-order valence-electron chi connectivity index (χ2n) is 8.19. The van der Waals surface area contributed by atoms with Crippen LogP contribution in [0.15, 0.2) is 49.1 Å². The van der Waals surface area contributed by atoms with Crippen LogP contribution in [0.2, 0.25) is 5.02 Å². The highest BCUT2D eigenvalue weighted by atomic mass is 35.5. The van der Waals surface area contributed by atoms with Crippen molar-refractivity contribution in [2.45, 2.75) is 0 Å². The van der Waals surface area contributed by atoms with Crippen LogP contribution in [0.1, 0.15) is 0 Å². The topological polar surface area (TPSA) is 82.6 Å². The Morgan fingerprint density at radius 3 is 2.69 bits per heavy atom. The van der Waals surface area contributed by atoms with Crippen LogP contribution >= 0.6 is 11.6 Å². The van der Waals surface area contributed by atoms with E-state index in [-0.39, 0.29) is 10.7 Å². The average molecular weight is 503 g/mol. The zero-order valence-electron chi connectivity index (χ0n) is 19.2. The summed E-state index contributed by atoms with van der Waals surface area (Å²) in [5.41, 5.74) is 1.28. The molecule has 35 heavy (non-hydrogen) atoms. The van der Waals surface area contributed by atoms with E-state index in [1.54, 1.807) is 12.1 Å². The maximum atomic E-state index is 13.5. The van der Waals surface area contributed by atoms with E-state index in [0.29, 0.717) is 41.3 Å². The molecule has 184 valence electrons. The van der Waals surface area contributed by atoms with Crippen molar-refractivity contribution in [2.75, 3.05) is 57.0 Å². The normalized spacial score (nSPS) is 14.6. The first-order chi connectivity index (χ1) is 16.8. The molecule has 0 radical (unpaired) electrons. The number of nitrogens with one attached hydrogen (secondary N) is 2. The molecule has 0 unspecified atom stereocenters. The van der Waals surface area contributed by atoms with Gasteiger partial charge in [-0.2, -0.15) is 0 Å². The molecule has 0 saturated carbocycles. The third kappa shape index (κ3) is 6.21. The summed E-state index contributed by atoms with van der Waals surface area (Å²) in [6.07, 6.45) is 1.37. The fraction of sp³-hybridized carbons (Fsp3) is 0.292. The number of amides is 1. The molecule has 1 aromatic heterocycles. The van der Waals surface area contributed by atoms with Crippen LogP contribution in [-0.4, -0.2) is 72.1 Å². The molecule has 2 N–H and O–H groups in total. The van der Waals surface area contributed by atoms with Crippen molar-refractivity contribution in [2.24, 2.45) is 0 Å². The first kappa shape index (κ1) is 24.8. The predicted molar refractivity (Wildman–Crippen MR) is 133 cm³/mol. The lowest BCUT2D eigenvalue weighted by atomic mass is 10.1. The second-order valence-corrected chi connectivity index (χ2v) is 8.60. The van der Waals surface area contributed by atoms with Crippen LogP contribution in [0, 0.1) is 5.82 Å². The zero-order chi connectivity index (χ0) is 24.9. The van der Waals surface area contributed by atoms with E-state index in [1.807, 2.05) is 0 Å². The molecule has 0 bridgehead atoms. The number of aromatic nitrogens is 2. The quantitative estimate of drug-likeness (QED) is 0.446. The first-order valence-corrected chi connectivity index (χ1v) is 11.4. The van der Waals surface area contributed by atoms with Crippen molar-refractivity contribution in [3.05, 3.63) is 59.9 Å². The monoisotopic (exact) mass is 502 g/mol. The number of carbonyl (C=O) groups excluding carboxylic acids is 1. The molecule has 11 heteroatoms. The Hall–Kier alpha value is -3.34. The first-order valence-electron chi connectivity index (χ1n) is 11.0. The standard InChI is InChI=1S/C24H25ClF2N6O2/c1-15(26)24(34)31-21-12-17-20(13-22(21)35-10-9-33-7-5-32(2)6-8-33)28-14-29-23(17)30-16-3-4-19(27)18(25)11-16/h3-4,11-14H,1,5-10H2,2H3,(H,31,34)(H,28,29,30). The molecular formula is C24H25ClF2N6O2. The van der Waals surface area contributed by atoms with Gasteiger partial charge in [-0.25, -0.2) is 18.7 Å². The Morgan fingerprint density at radius 1 is 1.20 bits per heavy atom. The molecule has 1 fully saturated rings. The molecule has 4 rings (SSSR count). The number of rotatable bonds is 8. The number of piperazine rings is 1. The van der Waals surface area contributed by atoms with Gasteiger partial charge < -0.3 is 20.3 Å². The van der Waals surface area contributed by atoms with E-state index < -0.39 is 17.6 Å². The number of hydrogen-bond acceptors (Lipinski definition) is 7. The van der Waals surface area contributed by atoms with Gasteiger partial charge in [0, 0.05) is 49.9 Å². The van der Waals surface area contributed by atoms with Gasteiger partial charge in [0.2, 0.25) is 0 Å². The summed E-state index contributed by atoms with van der Waals surface area (Å²) < 4.78 is 33.0. The van der Waals surface area contributed by atoms with Crippen LogP contribution in [-0.2, 0) is 4.79 Å². The van der Waals surface area contributed by atoms with Gasteiger partial charge in [0.05, 0.1) is 16.2 Å². The summed E-state index contributed by atoms with van der Waals surface area (Å²) in [5, 5.41) is 6.04. The largest absolute Gasteiger partial charge is 0.490 e. The van der Waals surface area contributed by atoms with Gasteiger partial charge in [-0.1, -0.05) is 18.2 Å². The van der Waals surface area contributed by atoms with Gasteiger partial charge in [-0.05, 0) is 31.3 Å². The minimum atomic E-state index is -1.13. The van der Waals surface area contributed by atoms with Crippen molar-refractivity contribution in [3.8, 4) is 5.75 Å². The van der Waals surface area contributed by atoms with Gasteiger partial charge >= 0.3 is 0 Å². The summed E-state index contributed by atoms with van der Waals surface area (Å²) in [6.45, 7) is 7.99. The summed E-state index contributed by atoms with van der Waals surface area (Å²) in [7, 11) is 2.09. The number of likely N-dealkylation sites (N-methyl/N-ethyl adjacent to an activating group) is 1. The van der Waals surface area contributed by atoms with Crippen LogP contribution in [0.5, 0.6) is 5.75 Å². The van der Waals surface area contributed by atoms with E-state index in [2.05, 4.69) is 44.0 Å². The molecule has 1 aliphatic rings. The highest BCUT2D eigenvalue weighted by Crippen LogP contribution is 2.34. The lowest BCUT2D eigenvalue weighted by molar-refractivity contribution is -0.114. The maximum absolute atomic E-state index is 13.5. The van der Waals surface area contributed by atoms with E-state index in [1.165, 1.54) is 24.5 Å². The second kappa shape index (κ2) is 10.9. The molecule has 1 aliphatic heterocycles. The number of halogens is 3. The lowest BCUT2D eigenvalue weighted by Gasteiger charge is -2.32. The summed E-state index contributed by atoms with van der Waals surface area (Å²) in [6, 6.07) is 7.42. The van der Waals surface area contributed by atoms with E-state index in [0.717, 1.165) is 26.2 Å². The minimum absolute atomic E-state index is 0.0428. The molecule has 0 aliphatic carbocycles. The highest BCUT2D eigenvalue weighted by Gasteiger charge is 2.17. The Morgan fingerprint density at radius 2 is 1.97 bits per heavy atom. The average Bonchev–Trinajstić information content (AvgIpc) is 2.83. The molecule has 1 amide bonds. The van der Waals surface area contributed by atoms with Crippen LogP contribution in [0.3, 0.4) is 0 Å². The van der Waals surface area contributed by atoms with Crippen molar-refractivity contribution >= 4 is 45.6 Å². The number of carbonyl (C=O) groups is 1. The molecule has 2 heterocycles. The van der Waals surface area contributed by atoms with Crippen molar-refractivity contribution in [3.63, 3.8) is 0 Å². The van der Waals surface area contributed by atoms with Crippen molar-refractivity contribution < 1.29 is 18.3 Å². The minimum Gasteiger partial charge on any atom is -0.490 e. The Bertz CT molecular complexity index is 1250. The molecule has 3 aromatic rings. The molecular weight excluding hydrogens is 478 g/mol. The summed E-state index contributed by atoms with van der Waals surface area (Å²) in [5.74, 6) is -1.92. The fourth-order valence-electron chi connectivity index (χ4n) is 3.66. The number of fused-ring (bicyclic) bond motifs is 1. The molecule has 0 spiro atoms. The van der Waals surface area contributed by atoms with Gasteiger partial charge in [0.15, 0.2) is 5.83 Å². The van der Waals surface area contributed by atoms with Crippen LogP contribution < -0.4 is 15.4 Å².